The van der Waals surface area contributed by atoms with E-state index in [0.717, 1.165) is 116 Å². The molecule has 402 valence electrons. The van der Waals surface area contributed by atoms with E-state index in [1.807, 2.05) is 0 Å². The molecule has 0 heterocycles. The number of hydrogen-bond acceptors (Lipinski definition) is 6. The molecule has 70 heavy (non-hydrogen) atoms. The highest BCUT2D eigenvalue weighted by Crippen LogP contribution is 2.15. The Labute approximate surface area is 433 Å². The largest absolute Gasteiger partial charge is 0.462 e. The molecule has 1 unspecified atom stereocenters. The number of carbonyl (C=O) groups excluding carboxylic acids is 3. The Morgan fingerprint density at radius 1 is 0.300 bits per heavy atom. The summed E-state index contributed by atoms with van der Waals surface area (Å²) in [5.41, 5.74) is 0. The number of esters is 3. The van der Waals surface area contributed by atoms with Gasteiger partial charge in [-0.05, 0) is 96.3 Å². The third-order valence-corrected chi connectivity index (χ3v) is 12.6. The average molecular weight is 976 g/mol. The molecule has 0 saturated carbocycles. The van der Waals surface area contributed by atoms with Crippen molar-refractivity contribution in [2.45, 2.75) is 290 Å². The van der Waals surface area contributed by atoms with Gasteiger partial charge in [-0.15, -0.1) is 0 Å². The van der Waals surface area contributed by atoms with E-state index in [1.165, 1.54) is 128 Å². The Hall–Kier alpha value is -3.41. The second kappa shape index (κ2) is 58.2. The van der Waals surface area contributed by atoms with E-state index in [9.17, 15) is 14.4 Å². The highest BCUT2D eigenvalue weighted by Gasteiger charge is 2.19. The summed E-state index contributed by atoms with van der Waals surface area (Å²) in [6, 6.07) is 0. The lowest BCUT2D eigenvalue weighted by Gasteiger charge is -2.18. The quantitative estimate of drug-likeness (QED) is 0.0261. The second-order valence-corrected chi connectivity index (χ2v) is 19.5. The maximum atomic E-state index is 12.8. The Kier molecular flexibility index (Phi) is 55.3. The molecule has 1 atom stereocenters. The average Bonchev–Trinajstić information content (AvgIpc) is 3.36. The summed E-state index contributed by atoms with van der Waals surface area (Å²) in [7, 11) is 0. The van der Waals surface area contributed by atoms with Gasteiger partial charge in [-0.1, -0.05) is 254 Å². The van der Waals surface area contributed by atoms with Crippen LogP contribution in [0.15, 0.2) is 85.1 Å². The highest BCUT2D eigenvalue weighted by molar-refractivity contribution is 5.71. The van der Waals surface area contributed by atoms with Gasteiger partial charge in [0.2, 0.25) is 0 Å². The first-order valence-corrected chi connectivity index (χ1v) is 29.6. The zero-order valence-electron chi connectivity index (χ0n) is 46.0. The first-order chi connectivity index (χ1) is 34.5. The molecule has 0 aliphatic heterocycles. The van der Waals surface area contributed by atoms with E-state index in [4.69, 9.17) is 14.2 Å². The fraction of sp³-hybridized carbons (Fsp3) is 0.734. The molecule has 0 aliphatic carbocycles. The molecule has 0 rings (SSSR count). The first-order valence-electron chi connectivity index (χ1n) is 29.6. The van der Waals surface area contributed by atoms with Crippen LogP contribution in [0.3, 0.4) is 0 Å². The van der Waals surface area contributed by atoms with Crippen LogP contribution >= 0.6 is 0 Å². The van der Waals surface area contributed by atoms with Crippen molar-refractivity contribution < 1.29 is 28.6 Å². The molecular formula is C64H110O6. The maximum Gasteiger partial charge on any atom is 0.306 e. The van der Waals surface area contributed by atoms with Gasteiger partial charge in [0, 0.05) is 19.3 Å². The smallest absolute Gasteiger partial charge is 0.306 e. The van der Waals surface area contributed by atoms with E-state index < -0.39 is 6.10 Å². The van der Waals surface area contributed by atoms with Crippen molar-refractivity contribution in [1.82, 2.24) is 0 Å². The SMILES string of the molecule is CC/C=C\C/C=C\C/C=C\C/C=C\C/C=C\CCCCCCCCCCCCCC(=O)OCC(COC(=O)CCCCCCCCCCC)OC(=O)CCCCCCC/C=C\C/C=C\CCCCCC. The van der Waals surface area contributed by atoms with E-state index in [1.54, 1.807) is 0 Å². The Morgan fingerprint density at radius 2 is 0.557 bits per heavy atom. The molecule has 0 fully saturated rings. The molecule has 6 heteroatoms. The number of carbonyl (C=O) groups is 3. The molecule has 0 N–H and O–H groups in total. The Bertz CT molecular complexity index is 1350. The van der Waals surface area contributed by atoms with E-state index in [-0.39, 0.29) is 31.1 Å². The van der Waals surface area contributed by atoms with Crippen molar-refractivity contribution in [3.05, 3.63) is 85.1 Å². The summed E-state index contributed by atoms with van der Waals surface area (Å²) in [4.78, 5) is 38.1. The Morgan fingerprint density at radius 3 is 0.886 bits per heavy atom. The highest BCUT2D eigenvalue weighted by atomic mass is 16.6. The number of allylic oxidation sites excluding steroid dienone is 14. The lowest BCUT2D eigenvalue weighted by molar-refractivity contribution is -0.167. The molecule has 0 amide bonds. The molecule has 0 aliphatic rings. The zero-order valence-corrected chi connectivity index (χ0v) is 46.0. The molecule has 0 bridgehead atoms. The monoisotopic (exact) mass is 975 g/mol. The number of ether oxygens (including phenoxy) is 3. The summed E-state index contributed by atoms with van der Waals surface area (Å²) in [5, 5.41) is 0. The predicted molar refractivity (Wildman–Crippen MR) is 302 cm³/mol. The van der Waals surface area contributed by atoms with Crippen LogP contribution in [0, 0.1) is 0 Å². The Balaban J connectivity index is 4.22. The number of hydrogen-bond donors (Lipinski definition) is 0. The summed E-state index contributed by atoms with van der Waals surface area (Å²) in [5.74, 6) is -0.894. The molecule has 0 aromatic carbocycles. The van der Waals surface area contributed by atoms with Crippen LogP contribution in [0.1, 0.15) is 284 Å². The van der Waals surface area contributed by atoms with E-state index in [0.29, 0.717) is 19.3 Å². The van der Waals surface area contributed by atoms with Crippen LogP contribution < -0.4 is 0 Å². The minimum absolute atomic E-state index is 0.0807. The molecule has 0 saturated heterocycles. The lowest BCUT2D eigenvalue weighted by atomic mass is 10.0. The van der Waals surface area contributed by atoms with Gasteiger partial charge in [0.1, 0.15) is 13.2 Å². The van der Waals surface area contributed by atoms with Gasteiger partial charge < -0.3 is 14.2 Å². The third kappa shape index (κ3) is 55.5. The standard InChI is InChI=1S/C64H110O6/c1-4-7-10-13-16-19-21-23-25-27-28-29-30-31-32-33-34-35-36-37-39-40-42-45-48-51-54-57-63(66)69-60-61(59-68-62(65)56-53-50-47-44-18-15-12-9-6-3)70-64(67)58-55-52-49-46-43-41-38-26-24-22-20-17-14-11-8-5-2/h7,10,16,19-20,22-23,25-26,28-29,31-32,38,61H,4-6,8-9,11-15,17-18,21,24,27,30,33-37,39-60H2,1-3H3/b10-7-,19-16-,22-20-,25-23-,29-28-,32-31-,38-26-. The molecule has 0 spiro atoms. The summed E-state index contributed by atoms with van der Waals surface area (Å²) < 4.78 is 16.8. The van der Waals surface area contributed by atoms with Crippen LogP contribution in [-0.4, -0.2) is 37.2 Å². The van der Waals surface area contributed by atoms with Crippen molar-refractivity contribution >= 4 is 17.9 Å². The van der Waals surface area contributed by atoms with Crippen molar-refractivity contribution in [3.63, 3.8) is 0 Å². The third-order valence-electron chi connectivity index (χ3n) is 12.6. The van der Waals surface area contributed by atoms with Gasteiger partial charge in [0.25, 0.3) is 0 Å². The van der Waals surface area contributed by atoms with Crippen LogP contribution in [0.25, 0.3) is 0 Å². The van der Waals surface area contributed by atoms with Crippen LogP contribution in [0.5, 0.6) is 0 Å². The molecule has 0 radical (unpaired) electrons. The lowest BCUT2D eigenvalue weighted by Crippen LogP contribution is -2.30. The van der Waals surface area contributed by atoms with Gasteiger partial charge in [0.15, 0.2) is 6.10 Å². The molecule has 6 nitrogen and oxygen atoms in total. The van der Waals surface area contributed by atoms with Gasteiger partial charge in [-0.2, -0.15) is 0 Å². The fourth-order valence-corrected chi connectivity index (χ4v) is 8.21. The van der Waals surface area contributed by atoms with Crippen LogP contribution in [0.2, 0.25) is 0 Å². The van der Waals surface area contributed by atoms with Crippen molar-refractivity contribution in [2.24, 2.45) is 0 Å². The maximum absolute atomic E-state index is 12.8. The van der Waals surface area contributed by atoms with Gasteiger partial charge >= 0.3 is 17.9 Å². The summed E-state index contributed by atoms with van der Waals surface area (Å²) >= 11 is 0. The molecular weight excluding hydrogens is 865 g/mol. The van der Waals surface area contributed by atoms with Crippen molar-refractivity contribution in [2.75, 3.05) is 13.2 Å². The second-order valence-electron chi connectivity index (χ2n) is 19.5. The number of rotatable bonds is 53. The van der Waals surface area contributed by atoms with E-state index in [2.05, 4.69) is 106 Å². The van der Waals surface area contributed by atoms with Gasteiger partial charge in [-0.3, -0.25) is 14.4 Å². The zero-order chi connectivity index (χ0) is 50.7. The van der Waals surface area contributed by atoms with Crippen molar-refractivity contribution in [1.29, 1.82) is 0 Å². The minimum Gasteiger partial charge on any atom is -0.462 e. The molecule has 0 aromatic rings. The minimum atomic E-state index is -0.782. The van der Waals surface area contributed by atoms with Crippen LogP contribution in [0.4, 0.5) is 0 Å². The van der Waals surface area contributed by atoms with E-state index >= 15 is 0 Å². The number of unbranched alkanes of at least 4 members (excludes halogenated alkanes) is 28. The van der Waals surface area contributed by atoms with Gasteiger partial charge in [0.05, 0.1) is 0 Å². The topological polar surface area (TPSA) is 78.9 Å². The van der Waals surface area contributed by atoms with Crippen LogP contribution in [-0.2, 0) is 28.6 Å². The summed E-state index contributed by atoms with van der Waals surface area (Å²) in [6.07, 6.45) is 75.9. The normalized spacial score (nSPS) is 12.7. The fourth-order valence-electron chi connectivity index (χ4n) is 8.21. The summed E-state index contributed by atoms with van der Waals surface area (Å²) in [6.45, 7) is 6.49. The van der Waals surface area contributed by atoms with Gasteiger partial charge in [-0.25, -0.2) is 0 Å². The van der Waals surface area contributed by atoms with Crippen molar-refractivity contribution in [3.8, 4) is 0 Å². The first kappa shape index (κ1) is 66.6. The predicted octanol–water partition coefficient (Wildman–Crippen LogP) is 19.9. The molecule has 0 aromatic heterocycles.